The molecule has 0 amide bonds. The van der Waals surface area contributed by atoms with E-state index in [2.05, 4.69) is 5.92 Å². The van der Waals surface area contributed by atoms with Gasteiger partial charge in [-0.1, -0.05) is 41.9 Å². The van der Waals surface area contributed by atoms with Gasteiger partial charge in [0.1, 0.15) is 0 Å². The van der Waals surface area contributed by atoms with Crippen LogP contribution in [-0.2, 0) is 20.7 Å². The number of hydrogen-bond donors (Lipinski definition) is 0. The molecule has 0 aliphatic rings. The van der Waals surface area contributed by atoms with Crippen molar-refractivity contribution in [3.63, 3.8) is 0 Å². The second-order valence-electron chi connectivity index (χ2n) is 4.75. The minimum absolute atomic E-state index is 0.0592. The Morgan fingerprint density at radius 2 is 1.73 bits per heavy atom. The lowest BCUT2D eigenvalue weighted by molar-refractivity contribution is 0.283. The first kappa shape index (κ1) is 16.6. The molecule has 114 valence electrons. The summed E-state index contributed by atoms with van der Waals surface area (Å²) in [5, 5.41) is 0.463. The van der Waals surface area contributed by atoms with Crippen LogP contribution in [0.3, 0.4) is 0 Å². The van der Waals surface area contributed by atoms with Gasteiger partial charge in [0.05, 0.1) is 11.5 Å². The number of terminal acetylenes is 1. The van der Waals surface area contributed by atoms with Crippen molar-refractivity contribution >= 4 is 21.7 Å². The van der Waals surface area contributed by atoms with Crippen LogP contribution in [0.15, 0.2) is 59.5 Å². The Kier molecular flexibility index (Phi) is 5.62. The second kappa shape index (κ2) is 7.46. The van der Waals surface area contributed by atoms with Gasteiger partial charge in [-0.2, -0.15) is 8.42 Å². The molecule has 0 heterocycles. The summed E-state index contributed by atoms with van der Waals surface area (Å²) in [5.41, 5.74) is 1.04. The summed E-state index contributed by atoms with van der Waals surface area (Å²) in [6.07, 6.45) is 6.03. The van der Waals surface area contributed by atoms with E-state index >= 15 is 0 Å². The van der Waals surface area contributed by atoms with E-state index in [0.29, 0.717) is 11.4 Å². The molecule has 5 heteroatoms. The molecule has 0 unspecified atom stereocenters. The third-order valence-electron chi connectivity index (χ3n) is 3.09. The second-order valence-corrected chi connectivity index (χ2v) is 6.80. The summed E-state index contributed by atoms with van der Waals surface area (Å²) in [5.74, 6) is 2.26. The lowest BCUT2D eigenvalue weighted by Gasteiger charge is -2.11. The van der Waals surface area contributed by atoms with Gasteiger partial charge < -0.3 is 0 Å². The highest BCUT2D eigenvalue weighted by molar-refractivity contribution is 7.86. The molecule has 3 nitrogen and oxygen atoms in total. The molecule has 1 atom stereocenters. The summed E-state index contributed by atoms with van der Waals surface area (Å²) < 4.78 is 29.2. The summed E-state index contributed by atoms with van der Waals surface area (Å²) in [4.78, 5) is 0.0624. The Bertz CT molecular complexity index is 747. The van der Waals surface area contributed by atoms with E-state index in [1.807, 2.05) is 30.3 Å². The van der Waals surface area contributed by atoms with E-state index < -0.39 is 10.1 Å². The van der Waals surface area contributed by atoms with Crippen molar-refractivity contribution in [2.45, 2.75) is 11.3 Å². The van der Waals surface area contributed by atoms with Crippen LogP contribution >= 0.6 is 11.6 Å². The van der Waals surface area contributed by atoms with Gasteiger partial charge in [0.15, 0.2) is 0 Å². The summed E-state index contributed by atoms with van der Waals surface area (Å²) in [6, 6.07) is 15.4. The predicted molar refractivity (Wildman–Crippen MR) is 87.1 cm³/mol. The Labute approximate surface area is 136 Å². The molecule has 0 spiro atoms. The molecular weight excluding hydrogens is 320 g/mol. The standard InChI is InChI=1S/C17H15ClO3S/c1-2-14(12-15-6-4-3-5-7-15)13-21-22(19,20)17-10-8-16(18)9-11-17/h1,3-11,14H,12-13H2/t14-/m0/s1. The zero-order chi connectivity index (χ0) is 16.0. The molecule has 0 radical (unpaired) electrons. The quantitative estimate of drug-likeness (QED) is 0.599. The third-order valence-corrected chi connectivity index (χ3v) is 4.64. The van der Waals surface area contributed by atoms with Crippen LogP contribution in [0, 0.1) is 18.3 Å². The molecule has 0 aliphatic carbocycles. The first-order valence-corrected chi connectivity index (χ1v) is 8.45. The molecule has 2 rings (SSSR count). The van der Waals surface area contributed by atoms with Gasteiger partial charge >= 0.3 is 0 Å². The largest absolute Gasteiger partial charge is 0.297 e. The Morgan fingerprint density at radius 3 is 2.32 bits per heavy atom. The molecule has 0 fully saturated rings. The third kappa shape index (κ3) is 4.60. The number of halogens is 1. The van der Waals surface area contributed by atoms with E-state index in [-0.39, 0.29) is 17.4 Å². The maximum absolute atomic E-state index is 12.1. The average molecular weight is 335 g/mol. The van der Waals surface area contributed by atoms with Crippen molar-refractivity contribution in [1.29, 1.82) is 0 Å². The lowest BCUT2D eigenvalue weighted by Crippen LogP contribution is -2.15. The highest BCUT2D eigenvalue weighted by Gasteiger charge is 2.17. The minimum Gasteiger partial charge on any atom is -0.265 e. The van der Waals surface area contributed by atoms with Crippen molar-refractivity contribution in [1.82, 2.24) is 0 Å². The topological polar surface area (TPSA) is 43.4 Å². The fourth-order valence-electron chi connectivity index (χ4n) is 1.91. The highest BCUT2D eigenvalue weighted by Crippen LogP contribution is 2.18. The van der Waals surface area contributed by atoms with E-state index in [0.717, 1.165) is 5.56 Å². The monoisotopic (exact) mass is 334 g/mol. The molecular formula is C17H15ClO3S. The van der Waals surface area contributed by atoms with Crippen molar-refractivity contribution in [3.05, 3.63) is 65.2 Å². The fraction of sp³-hybridized carbons (Fsp3) is 0.176. The Balaban J connectivity index is 2.01. The van der Waals surface area contributed by atoms with Gasteiger partial charge in [0, 0.05) is 10.9 Å². The summed E-state index contributed by atoms with van der Waals surface area (Å²) in [7, 11) is -3.83. The van der Waals surface area contributed by atoms with Crippen molar-refractivity contribution in [3.8, 4) is 12.3 Å². The Hall–Kier alpha value is -1.80. The first-order chi connectivity index (χ1) is 10.5. The van der Waals surface area contributed by atoms with Crippen molar-refractivity contribution in [2.24, 2.45) is 5.92 Å². The van der Waals surface area contributed by atoms with Crippen LogP contribution in [0.2, 0.25) is 5.02 Å². The van der Waals surface area contributed by atoms with Crippen LogP contribution < -0.4 is 0 Å². The molecule has 0 N–H and O–H groups in total. The molecule has 0 aliphatic heterocycles. The molecule has 22 heavy (non-hydrogen) atoms. The predicted octanol–water partition coefficient (Wildman–Crippen LogP) is 3.54. The van der Waals surface area contributed by atoms with Gasteiger partial charge in [0.25, 0.3) is 10.1 Å². The van der Waals surface area contributed by atoms with Crippen LogP contribution in [0.5, 0.6) is 0 Å². The maximum Gasteiger partial charge on any atom is 0.297 e. The maximum atomic E-state index is 12.1. The van der Waals surface area contributed by atoms with Gasteiger partial charge in [-0.15, -0.1) is 12.3 Å². The summed E-state index contributed by atoms with van der Waals surface area (Å²) >= 11 is 5.74. The fourth-order valence-corrected chi connectivity index (χ4v) is 2.98. The smallest absolute Gasteiger partial charge is 0.265 e. The molecule has 0 aromatic heterocycles. The normalized spacial score (nSPS) is 12.5. The van der Waals surface area contributed by atoms with E-state index in [1.54, 1.807) is 0 Å². The number of benzene rings is 2. The molecule has 2 aromatic rings. The van der Waals surface area contributed by atoms with Gasteiger partial charge in [-0.3, -0.25) is 4.18 Å². The Morgan fingerprint density at radius 1 is 1.09 bits per heavy atom. The van der Waals surface area contributed by atoms with Crippen molar-refractivity contribution < 1.29 is 12.6 Å². The van der Waals surface area contributed by atoms with E-state index in [1.165, 1.54) is 24.3 Å². The number of rotatable bonds is 6. The van der Waals surface area contributed by atoms with E-state index in [4.69, 9.17) is 22.2 Å². The zero-order valence-corrected chi connectivity index (χ0v) is 13.3. The van der Waals surface area contributed by atoms with Gasteiger partial charge in [-0.05, 0) is 36.2 Å². The molecule has 0 saturated heterocycles. The minimum atomic E-state index is -3.83. The molecule has 0 bridgehead atoms. The zero-order valence-electron chi connectivity index (χ0n) is 11.8. The summed E-state index contributed by atoms with van der Waals surface area (Å²) in [6.45, 7) is -0.0592. The molecule has 0 saturated carbocycles. The van der Waals surface area contributed by atoms with Gasteiger partial charge in [-0.25, -0.2) is 0 Å². The first-order valence-electron chi connectivity index (χ1n) is 6.66. The van der Waals surface area contributed by atoms with E-state index in [9.17, 15) is 8.42 Å². The van der Waals surface area contributed by atoms with Crippen LogP contribution in [0.4, 0.5) is 0 Å². The SMILES string of the molecule is C#C[C@H](COS(=O)(=O)c1ccc(Cl)cc1)Cc1ccccc1. The highest BCUT2D eigenvalue weighted by atomic mass is 35.5. The average Bonchev–Trinajstić information content (AvgIpc) is 2.53. The van der Waals surface area contributed by atoms with Crippen molar-refractivity contribution in [2.75, 3.05) is 6.61 Å². The lowest BCUT2D eigenvalue weighted by atomic mass is 10.0. The van der Waals surface area contributed by atoms with Crippen LogP contribution in [-0.4, -0.2) is 15.0 Å². The van der Waals surface area contributed by atoms with Crippen LogP contribution in [0.1, 0.15) is 5.56 Å². The molecule has 2 aromatic carbocycles. The number of hydrogen-bond acceptors (Lipinski definition) is 3. The van der Waals surface area contributed by atoms with Gasteiger partial charge in [0.2, 0.25) is 0 Å². The van der Waals surface area contributed by atoms with Crippen LogP contribution in [0.25, 0.3) is 0 Å².